The first-order valence-electron chi connectivity index (χ1n) is 10.6. The Labute approximate surface area is 182 Å². The Morgan fingerprint density at radius 3 is 2.16 bits per heavy atom. The maximum atomic E-state index is 12.0. The minimum absolute atomic E-state index is 0.0252. The highest BCUT2D eigenvalue weighted by Gasteiger charge is 2.21. The number of amides is 2. The Morgan fingerprint density at radius 1 is 0.903 bits per heavy atom. The van der Waals surface area contributed by atoms with Crippen molar-refractivity contribution >= 4 is 23.5 Å². The van der Waals surface area contributed by atoms with Crippen LogP contribution in [0.3, 0.4) is 0 Å². The van der Waals surface area contributed by atoms with E-state index in [0.717, 1.165) is 43.4 Å². The molecular weight excluding hydrogens is 396 g/mol. The van der Waals surface area contributed by atoms with Crippen LogP contribution in [0.4, 0.5) is 5.69 Å². The number of benzene rings is 2. The van der Waals surface area contributed by atoms with Crippen molar-refractivity contribution in [1.29, 1.82) is 0 Å². The van der Waals surface area contributed by atoms with E-state index in [1.54, 1.807) is 24.3 Å². The molecule has 31 heavy (non-hydrogen) atoms. The molecule has 0 radical (unpaired) electrons. The van der Waals surface area contributed by atoms with E-state index in [-0.39, 0.29) is 18.4 Å². The molecule has 2 N–H and O–H groups in total. The number of carbonyl (C=O) groups is 3. The molecule has 1 aliphatic carbocycles. The van der Waals surface area contributed by atoms with E-state index in [2.05, 4.69) is 10.6 Å². The SMILES string of the molecule is Cc1ccc(Oc2ccc(NC(=O)COC(=O)CNC(=O)C3CCCCC3)cc2)cc1. The molecular formula is C24H28N2O5. The number of hydrogen-bond acceptors (Lipinski definition) is 5. The lowest BCUT2D eigenvalue weighted by atomic mass is 9.89. The van der Waals surface area contributed by atoms with Gasteiger partial charge in [-0.1, -0.05) is 37.0 Å². The number of nitrogens with one attached hydrogen (secondary N) is 2. The number of anilines is 1. The molecule has 0 saturated heterocycles. The summed E-state index contributed by atoms with van der Waals surface area (Å²) >= 11 is 0. The van der Waals surface area contributed by atoms with Gasteiger partial charge < -0.3 is 20.1 Å². The summed E-state index contributed by atoms with van der Waals surface area (Å²) in [7, 11) is 0. The fourth-order valence-corrected chi connectivity index (χ4v) is 3.41. The van der Waals surface area contributed by atoms with Gasteiger partial charge in [-0.15, -0.1) is 0 Å². The number of esters is 1. The van der Waals surface area contributed by atoms with E-state index < -0.39 is 18.5 Å². The van der Waals surface area contributed by atoms with Crippen LogP contribution in [0.5, 0.6) is 11.5 Å². The summed E-state index contributed by atoms with van der Waals surface area (Å²) in [5, 5.41) is 5.25. The standard InChI is InChI=1S/C24H28N2O5/c1-17-7-11-20(12-8-17)31-21-13-9-19(10-14-21)26-22(27)16-30-23(28)15-25-24(29)18-5-3-2-4-6-18/h7-14,18H,2-6,15-16H2,1H3,(H,25,29)(H,26,27). The second kappa shape index (κ2) is 11.2. The highest BCUT2D eigenvalue weighted by Crippen LogP contribution is 2.24. The summed E-state index contributed by atoms with van der Waals surface area (Å²) in [6.45, 7) is 1.36. The van der Waals surface area contributed by atoms with Gasteiger partial charge in [-0.3, -0.25) is 14.4 Å². The third-order valence-corrected chi connectivity index (χ3v) is 5.14. The molecule has 0 spiro atoms. The van der Waals surface area contributed by atoms with Crippen LogP contribution in [0, 0.1) is 12.8 Å². The van der Waals surface area contributed by atoms with Crippen LogP contribution in [0.1, 0.15) is 37.7 Å². The van der Waals surface area contributed by atoms with Crippen LogP contribution in [-0.2, 0) is 19.1 Å². The van der Waals surface area contributed by atoms with Gasteiger partial charge in [0.1, 0.15) is 18.0 Å². The molecule has 2 aromatic carbocycles. The smallest absolute Gasteiger partial charge is 0.325 e. The van der Waals surface area contributed by atoms with Crippen LogP contribution in [-0.4, -0.2) is 30.9 Å². The molecule has 1 fully saturated rings. The van der Waals surface area contributed by atoms with Gasteiger partial charge >= 0.3 is 5.97 Å². The van der Waals surface area contributed by atoms with E-state index in [9.17, 15) is 14.4 Å². The van der Waals surface area contributed by atoms with Crippen molar-refractivity contribution in [1.82, 2.24) is 5.32 Å². The number of hydrogen-bond donors (Lipinski definition) is 2. The molecule has 7 heteroatoms. The van der Waals surface area contributed by atoms with Gasteiger partial charge in [0.25, 0.3) is 5.91 Å². The third-order valence-electron chi connectivity index (χ3n) is 5.14. The van der Waals surface area contributed by atoms with Crippen molar-refractivity contribution in [2.24, 2.45) is 5.92 Å². The first kappa shape index (κ1) is 22.3. The molecule has 164 valence electrons. The average Bonchev–Trinajstić information content (AvgIpc) is 2.79. The number of carbonyl (C=O) groups excluding carboxylic acids is 3. The first-order valence-corrected chi connectivity index (χ1v) is 10.6. The van der Waals surface area contributed by atoms with E-state index >= 15 is 0 Å². The van der Waals surface area contributed by atoms with Crippen LogP contribution in [0.25, 0.3) is 0 Å². The fraction of sp³-hybridized carbons (Fsp3) is 0.375. The van der Waals surface area contributed by atoms with Crippen molar-refractivity contribution in [3.05, 3.63) is 54.1 Å². The number of rotatable bonds is 8. The van der Waals surface area contributed by atoms with Crippen LogP contribution >= 0.6 is 0 Å². The maximum Gasteiger partial charge on any atom is 0.325 e. The topological polar surface area (TPSA) is 93.7 Å². The quantitative estimate of drug-likeness (QED) is 0.626. The highest BCUT2D eigenvalue weighted by molar-refractivity contribution is 5.93. The highest BCUT2D eigenvalue weighted by atomic mass is 16.5. The Kier molecular flexibility index (Phi) is 8.04. The average molecular weight is 424 g/mol. The number of aryl methyl sites for hydroxylation is 1. The molecule has 0 atom stereocenters. The second-order valence-electron chi connectivity index (χ2n) is 7.70. The predicted octanol–water partition coefficient (Wildman–Crippen LogP) is 3.97. The molecule has 0 bridgehead atoms. The first-order chi connectivity index (χ1) is 15.0. The third kappa shape index (κ3) is 7.44. The molecule has 1 saturated carbocycles. The van der Waals surface area contributed by atoms with Gasteiger partial charge in [-0.2, -0.15) is 0 Å². The van der Waals surface area contributed by atoms with Gasteiger partial charge in [0.2, 0.25) is 5.91 Å². The van der Waals surface area contributed by atoms with Crippen molar-refractivity contribution in [2.75, 3.05) is 18.5 Å². The van der Waals surface area contributed by atoms with Gasteiger partial charge in [0.15, 0.2) is 6.61 Å². The van der Waals surface area contributed by atoms with Crippen molar-refractivity contribution in [2.45, 2.75) is 39.0 Å². The lowest BCUT2D eigenvalue weighted by Gasteiger charge is -2.20. The van der Waals surface area contributed by atoms with E-state index in [1.165, 1.54) is 0 Å². The summed E-state index contributed by atoms with van der Waals surface area (Å²) in [5.41, 5.74) is 1.71. The monoisotopic (exact) mass is 424 g/mol. The second-order valence-corrected chi connectivity index (χ2v) is 7.70. The van der Waals surface area contributed by atoms with Crippen LogP contribution < -0.4 is 15.4 Å². The fourth-order valence-electron chi connectivity index (χ4n) is 3.41. The Balaban J connectivity index is 1.36. The zero-order chi connectivity index (χ0) is 22.1. The largest absolute Gasteiger partial charge is 0.457 e. The van der Waals surface area contributed by atoms with E-state index in [4.69, 9.17) is 9.47 Å². The van der Waals surface area contributed by atoms with Crippen molar-refractivity contribution in [3.63, 3.8) is 0 Å². The van der Waals surface area contributed by atoms with Crippen LogP contribution in [0.2, 0.25) is 0 Å². The van der Waals surface area contributed by atoms with Gasteiger partial charge in [-0.25, -0.2) is 0 Å². The summed E-state index contributed by atoms with van der Waals surface area (Å²) in [6, 6.07) is 14.6. The molecule has 1 aliphatic rings. The molecule has 2 amide bonds. The minimum Gasteiger partial charge on any atom is -0.457 e. The van der Waals surface area contributed by atoms with Gasteiger partial charge in [0, 0.05) is 11.6 Å². The predicted molar refractivity (Wildman–Crippen MR) is 117 cm³/mol. The van der Waals surface area contributed by atoms with Gasteiger partial charge in [-0.05, 0) is 56.2 Å². The zero-order valence-electron chi connectivity index (χ0n) is 17.7. The minimum atomic E-state index is -0.638. The summed E-state index contributed by atoms with van der Waals surface area (Å²) in [6.07, 6.45) is 4.96. The Bertz CT molecular complexity index is 887. The summed E-state index contributed by atoms with van der Waals surface area (Å²) in [4.78, 5) is 35.8. The zero-order valence-corrected chi connectivity index (χ0v) is 17.7. The molecule has 7 nitrogen and oxygen atoms in total. The van der Waals surface area contributed by atoms with Crippen LogP contribution in [0.15, 0.2) is 48.5 Å². The maximum absolute atomic E-state index is 12.0. The molecule has 0 unspecified atom stereocenters. The summed E-state index contributed by atoms with van der Waals surface area (Å²) in [5.74, 6) is 0.129. The Hall–Kier alpha value is -3.35. The van der Waals surface area contributed by atoms with E-state index in [1.807, 2.05) is 31.2 Å². The molecule has 0 aliphatic heterocycles. The van der Waals surface area contributed by atoms with Crippen molar-refractivity contribution in [3.8, 4) is 11.5 Å². The van der Waals surface area contributed by atoms with E-state index in [0.29, 0.717) is 11.4 Å². The Morgan fingerprint density at radius 2 is 1.52 bits per heavy atom. The van der Waals surface area contributed by atoms with Crippen molar-refractivity contribution < 1.29 is 23.9 Å². The number of ether oxygens (including phenoxy) is 2. The molecule has 2 aromatic rings. The molecule has 3 rings (SSSR count). The lowest BCUT2D eigenvalue weighted by Crippen LogP contribution is -2.36. The molecule has 0 heterocycles. The lowest BCUT2D eigenvalue weighted by molar-refractivity contribution is -0.147. The van der Waals surface area contributed by atoms with Gasteiger partial charge in [0.05, 0.1) is 0 Å². The normalized spacial score (nSPS) is 13.8. The molecule has 0 aromatic heterocycles. The summed E-state index contributed by atoms with van der Waals surface area (Å²) < 4.78 is 10.7.